The zero-order valence-electron chi connectivity index (χ0n) is 8.45. The summed E-state index contributed by atoms with van der Waals surface area (Å²) >= 11 is 0. The molecule has 0 aliphatic carbocycles. The van der Waals surface area contributed by atoms with Crippen LogP contribution in [0.5, 0.6) is 0 Å². The highest BCUT2D eigenvalue weighted by atomic mass is 16.7. The van der Waals surface area contributed by atoms with Crippen LogP contribution in [0, 0.1) is 0 Å². The lowest BCUT2D eigenvalue weighted by atomic mass is 9.82. The molecule has 0 N–H and O–H groups in total. The van der Waals surface area contributed by atoms with Crippen LogP contribution in [0.15, 0.2) is 0 Å². The second-order valence-electron chi connectivity index (χ2n) is 3.44. The van der Waals surface area contributed by atoms with Gasteiger partial charge in [0, 0.05) is 6.32 Å². The second-order valence-corrected chi connectivity index (χ2v) is 3.44. The van der Waals surface area contributed by atoms with Crippen LogP contribution in [0.25, 0.3) is 0 Å². The normalized spacial score (nSPS) is 15.6. The van der Waals surface area contributed by atoms with Crippen molar-refractivity contribution in [3.05, 3.63) is 0 Å². The summed E-state index contributed by atoms with van der Waals surface area (Å²) < 4.78 is 9.34. The van der Waals surface area contributed by atoms with E-state index in [4.69, 9.17) is 0 Å². The third kappa shape index (κ3) is 3.40. The highest BCUT2D eigenvalue weighted by molar-refractivity contribution is 6.60. The Balaban J connectivity index is 2.03. The third-order valence-electron chi connectivity index (χ3n) is 2.19. The molecule has 4 nitrogen and oxygen atoms in total. The summed E-state index contributed by atoms with van der Waals surface area (Å²) in [4.78, 5) is 21.2. The van der Waals surface area contributed by atoms with E-state index in [9.17, 15) is 9.59 Å². The number of rotatable bonds is 6. The summed E-state index contributed by atoms with van der Waals surface area (Å²) in [7, 11) is -0.628. The molecular formula is C9H15BO4. The molecule has 1 rings (SSSR count). The molecule has 1 aliphatic heterocycles. The fourth-order valence-corrected chi connectivity index (χ4v) is 1.39. The van der Waals surface area contributed by atoms with Gasteiger partial charge in [-0.3, -0.25) is 0 Å². The van der Waals surface area contributed by atoms with Crippen LogP contribution in [0.2, 0.25) is 6.32 Å². The fourth-order valence-electron chi connectivity index (χ4n) is 1.39. The monoisotopic (exact) mass is 198 g/mol. The highest BCUT2D eigenvalue weighted by Crippen LogP contribution is 2.13. The summed E-state index contributed by atoms with van der Waals surface area (Å²) in [6.07, 6.45) is 6.27. The molecule has 0 aromatic rings. The Hall–Kier alpha value is -0.995. The van der Waals surface area contributed by atoms with Crippen LogP contribution in [-0.2, 0) is 18.9 Å². The van der Waals surface area contributed by atoms with Gasteiger partial charge in [0.25, 0.3) is 0 Å². The van der Waals surface area contributed by atoms with Gasteiger partial charge in [0.05, 0.1) is 0 Å². The molecule has 0 bridgehead atoms. The van der Waals surface area contributed by atoms with Gasteiger partial charge in [0.15, 0.2) is 0 Å². The largest absolute Gasteiger partial charge is 0.599 e. The quantitative estimate of drug-likeness (QED) is 0.369. The highest BCUT2D eigenvalue weighted by Gasteiger charge is 2.39. The number of carbonyl (C=O) groups is 2. The van der Waals surface area contributed by atoms with Gasteiger partial charge in [-0.2, -0.15) is 0 Å². The molecule has 0 aromatic carbocycles. The van der Waals surface area contributed by atoms with Crippen LogP contribution >= 0.6 is 0 Å². The van der Waals surface area contributed by atoms with Gasteiger partial charge in [0.2, 0.25) is 0 Å². The van der Waals surface area contributed by atoms with Gasteiger partial charge < -0.3 is 9.31 Å². The van der Waals surface area contributed by atoms with Crippen molar-refractivity contribution in [2.24, 2.45) is 0 Å². The minimum atomic E-state index is -0.858. The molecule has 1 saturated heterocycles. The second kappa shape index (κ2) is 5.68. The predicted octanol–water partition coefficient (Wildman–Crippen LogP) is 1.54. The zero-order chi connectivity index (χ0) is 10.4. The minimum absolute atomic E-state index is 0.626. The first-order valence-corrected chi connectivity index (χ1v) is 5.15. The SMILES string of the molecule is CCCCCCCB1OC(=O)C(=O)O1. The van der Waals surface area contributed by atoms with Crippen molar-refractivity contribution in [1.29, 1.82) is 0 Å². The van der Waals surface area contributed by atoms with Crippen LogP contribution in [-0.4, -0.2) is 19.1 Å². The van der Waals surface area contributed by atoms with Crippen molar-refractivity contribution in [3.63, 3.8) is 0 Å². The van der Waals surface area contributed by atoms with Crippen LogP contribution in [0.4, 0.5) is 0 Å². The van der Waals surface area contributed by atoms with E-state index in [1.165, 1.54) is 19.3 Å². The molecule has 0 saturated carbocycles. The van der Waals surface area contributed by atoms with Gasteiger partial charge in [-0.1, -0.05) is 39.0 Å². The maximum Gasteiger partial charge on any atom is 0.599 e. The van der Waals surface area contributed by atoms with Gasteiger partial charge in [-0.15, -0.1) is 0 Å². The van der Waals surface area contributed by atoms with Crippen molar-refractivity contribution in [1.82, 2.24) is 0 Å². The molecule has 1 aliphatic rings. The number of unbranched alkanes of at least 4 members (excludes halogenated alkanes) is 4. The van der Waals surface area contributed by atoms with Crippen LogP contribution in [0.1, 0.15) is 39.0 Å². The zero-order valence-corrected chi connectivity index (χ0v) is 8.45. The van der Waals surface area contributed by atoms with E-state index in [0.717, 1.165) is 12.8 Å². The van der Waals surface area contributed by atoms with E-state index >= 15 is 0 Å². The first kappa shape index (κ1) is 11.1. The first-order valence-electron chi connectivity index (χ1n) is 5.15. The Morgan fingerprint density at radius 3 is 2.14 bits per heavy atom. The van der Waals surface area contributed by atoms with Crippen molar-refractivity contribution in [2.75, 3.05) is 0 Å². The van der Waals surface area contributed by atoms with Crippen molar-refractivity contribution in [2.45, 2.75) is 45.3 Å². The summed E-state index contributed by atoms with van der Waals surface area (Å²) in [5, 5.41) is 0. The predicted molar refractivity (Wildman–Crippen MR) is 51.5 cm³/mol. The van der Waals surface area contributed by atoms with E-state index in [1.54, 1.807) is 0 Å². The number of carbonyl (C=O) groups excluding carboxylic acids is 2. The topological polar surface area (TPSA) is 52.6 Å². The van der Waals surface area contributed by atoms with E-state index < -0.39 is 19.1 Å². The molecule has 1 heterocycles. The molecule has 78 valence electrons. The third-order valence-corrected chi connectivity index (χ3v) is 2.19. The molecular weight excluding hydrogens is 183 g/mol. The van der Waals surface area contributed by atoms with Gasteiger partial charge in [-0.05, 0) is 0 Å². The smallest absolute Gasteiger partial charge is 0.491 e. The van der Waals surface area contributed by atoms with E-state index in [1.807, 2.05) is 0 Å². The molecule has 0 unspecified atom stereocenters. The molecule has 5 heteroatoms. The van der Waals surface area contributed by atoms with Crippen molar-refractivity contribution in [3.8, 4) is 0 Å². The Kier molecular flexibility index (Phi) is 4.49. The number of hydrogen-bond acceptors (Lipinski definition) is 4. The maximum absolute atomic E-state index is 10.6. The van der Waals surface area contributed by atoms with Gasteiger partial charge in [0.1, 0.15) is 0 Å². The van der Waals surface area contributed by atoms with Gasteiger partial charge in [-0.25, -0.2) is 9.59 Å². The Labute approximate surface area is 84.1 Å². The lowest BCUT2D eigenvalue weighted by molar-refractivity contribution is -0.150. The molecule has 1 fully saturated rings. The molecule has 0 amide bonds. The van der Waals surface area contributed by atoms with Crippen molar-refractivity contribution < 1.29 is 18.9 Å². The average molecular weight is 198 g/mol. The number of hydrogen-bond donors (Lipinski definition) is 0. The first-order chi connectivity index (χ1) is 6.74. The fraction of sp³-hybridized carbons (Fsp3) is 0.778. The van der Waals surface area contributed by atoms with E-state index in [0.29, 0.717) is 6.32 Å². The average Bonchev–Trinajstić information content (AvgIpc) is 2.46. The molecule has 0 aromatic heterocycles. The Bertz CT molecular complexity index is 201. The summed E-state index contributed by atoms with van der Waals surface area (Å²) in [5.41, 5.74) is 0. The molecule has 0 radical (unpaired) electrons. The maximum atomic E-state index is 10.6. The van der Waals surface area contributed by atoms with E-state index in [-0.39, 0.29) is 0 Å². The lowest BCUT2D eigenvalue weighted by Crippen LogP contribution is -2.14. The van der Waals surface area contributed by atoms with E-state index in [2.05, 4.69) is 16.2 Å². The van der Waals surface area contributed by atoms with Crippen molar-refractivity contribution >= 4 is 19.1 Å². The molecule has 0 atom stereocenters. The lowest BCUT2D eigenvalue weighted by Gasteiger charge is -2.01. The standard InChI is InChI=1S/C9H15BO4/c1-2-3-4-5-6-7-10-13-8(11)9(12)14-10/h2-7H2,1H3. The summed E-state index contributed by atoms with van der Waals surface area (Å²) in [5.74, 6) is -1.72. The molecule has 14 heavy (non-hydrogen) atoms. The van der Waals surface area contributed by atoms with Crippen LogP contribution in [0.3, 0.4) is 0 Å². The minimum Gasteiger partial charge on any atom is -0.491 e. The summed E-state index contributed by atoms with van der Waals surface area (Å²) in [6, 6.07) is 0. The Morgan fingerprint density at radius 1 is 1.00 bits per heavy atom. The summed E-state index contributed by atoms with van der Waals surface area (Å²) in [6.45, 7) is 2.15. The van der Waals surface area contributed by atoms with Gasteiger partial charge >= 0.3 is 19.1 Å². The molecule has 0 spiro atoms. The Morgan fingerprint density at radius 2 is 1.57 bits per heavy atom. The van der Waals surface area contributed by atoms with Crippen LogP contribution < -0.4 is 0 Å².